The molecule has 1 amide bonds. The molecule has 2 heterocycles. The number of hydrogen-bond acceptors (Lipinski definition) is 4. The first-order valence-corrected chi connectivity index (χ1v) is 10.8. The molecular formula is C18H20BrCl2N3OS. The average Bonchev–Trinajstić information content (AvgIpc) is 3.02. The smallest absolute Gasteiger partial charge is 0.225 e. The van der Waals surface area contributed by atoms with Crippen molar-refractivity contribution in [2.75, 3.05) is 38.0 Å². The van der Waals surface area contributed by atoms with Crippen LogP contribution >= 0.6 is 50.5 Å². The van der Waals surface area contributed by atoms with E-state index in [1.807, 2.05) is 0 Å². The molecule has 0 spiro atoms. The zero-order chi connectivity index (χ0) is 18.5. The largest absolute Gasteiger partial charge is 0.324 e. The van der Waals surface area contributed by atoms with Gasteiger partial charge in [0, 0.05) is 50.6 Å². The zero-order valence-electron chi connectivity index (χ0n) is 14.2. The molecule has 0 saturated carbocycles. The van der Waals surface area contributed by atoms with Gasteiger partial charge in [-0.3, -0.25) is 9.69 Å². The van der Waals surface area contributed by atoms with Crippen molar-refractivity contribution >= 4 is 62.1 Å². The van der Waals surface area contributed by atoms with Gasteiger partial charge in [-0.05, 0) is 40.2 Å². The van der Waals surface area contributed by atoms with Crippen molar-refractivity contribution in [3.63, 3.8) is 0 Å². The van der Waals surface area contributed by atoms with Crippen LogP contribution in [-0.2, 0) is 11.3 Å². The molecule has 1 saturated heterocycles. The maximum absolute atomic E-state index is 12.2. The van der Waals surface area contributed by atoms with Crippen molar-refractivity contribution in [1.82, 2.24) is 9.80 Å². The van der Waals surface area contributed by atoms with Crippen LogP contribution in [0.4, 0.5) is 5.69 Å². The first-order chi connectivity index (χ1) is 12.5. The van der Waals surface area contributed by atoms with Gasteiger partial charge in [0.25, 0.3) is 0 Å². The number of benzene rings is 1. The van der Waals surface area contributed by atoms with E-state index in [0.29, 0.717) is 22.2 Å². The van der Waals surface area contributed by atoms with Crippen LogP contribution in [0.2, 0.25) is 10.0 Å². The highest BCUT2D eigenvalue weighted by atomic mass is 79.9. The minimum Gasteiger partial charge on any atom is -0.324 e. The molecule has 0 atom stereocenters. The van der Waals surface area contributed by atoms with Gasteiger partial charge in [0.05, 0.1) is 19.5 Å². The normalized spacial score (nSPS) is 16.0. The predicted octanol–water partition coefficient (Wildman–Crippen LogP) is 4.96. The van der Waals surface area contributed by atoms with E-state index in [0.717, 1.165) is 39.3 Å². The number of rotatable bonds is 6. The number of amides is 1. The van der Waals surface area contributed by atoms with Gasteiger partial charge in [-0.1, -0.05) is 29.3 Å². The number of anilines is 1. The maximum Gasteiger partial charge on any atom is 0.225 e. The number of halogens is 3. The lowest BCUT2D eigenvalue weighted by molar-refractivity contribution is -0.116. The van der Waals surface area contributed by atoms with Gasteiger partial charge < -0.3 is 10.2 Å². The van der Waals surface area contributed by atoms with Crippen LogP contribution in [-0.4, -0.2) is 48.4 Å². The van der Waals surface area contributed by atoms with Crippen molar-refractivity contribution in [2.24, 2.45) is 0 Å². The first kappa shape index (κ1) is 20.1. The monoisotopic (exact) mass is 475 g/mol. The van der Waals surface area contributed by atoms with E-state index >= 15 is 0 Å². The number of carbonyl (C=O) groups excluding carboxylic acids is 1. The van der Waals surface area contributed by atoms with Gasteiger partial charge in [-0.15, -0.1) is 11.3 Å². The topological polar surface area (TPSA) is 35.6 Å². The molecule has 1 aliphatic heterocycles. The maximum atomic E-state index is 12.2. The van der Waals surface area contributed by atoms with Crippen molar-refractivity contribution in [3.05, 3.63) is 49.0 Å². The van der Waals surface area contributed by atoms with E-state index in [4.69, 9.17) is 23.2 Å². The minimum atomic E-state index is -0.0640. The van der Waals surface area contributed by atoms with E-state index < -0.39 is 0 Å². The summed E-state index contributed by atoms with van der Waals surface area (Å²) in [6.07, 6.45) is 0.430. The SMILES string of the molecule is O=C(CCN1CCN(Cc2ccc(Br)s2)CC1)Nc1c(Cl)cccc1Cl. The van der Waals surface area contributed by atoms with Gasteiger partial charge in [-0.25, -0.2) is 0 Å². The fraction of sp³-hybridized carbons (Fsp3) is 0.389. The van der Waals surface area contributed by atoms with Crippen molar-refractivity contribution < 1.29 is 4.79 Å². The van der Waals surface area contributed by atoms with Crippen LogP contribution in [0, 0.1) is 0 Å². The van der Waals surface area contributed by atoms with Crippen LogP contribution in [0.3, 0.4) is 0 Å². The molecule has 140 valence electrons. The third-order valence-electron chi connectivity index (χ3n) is 4.36. The molecule has 1 aromatic heterocycles. The summed E-state index contributed by atoms with van der Waals surface area (Å²) >= 11 is 17.5. The van der Waals surface area contributed by atoms with Gasteiger partial charge >= 0.3 is 0 Å². The Labute approximate surface area is 176 Å². The van der Waals surface area contributed by atoms with Crippen LogP contribution in [0.5, 0.6) is 0 Å². The summed E-state index contributed by atoms with van der Waals surface area (Å²) in [5, 5.41) is 3.73. The quantitative estimate of drug-likeness (QED) is 0.639. The molecule has 1 fully saturated rings. The second-order valence-corrected chi connectivity index (χ2v) is 9.58. The number of piperazine rings is 1. The number of carbonyl (C=O) groups is 1. The lowest BCUT2D eigenvalue weighted by Gasteiger charge is -2.34. The molecule has 1 N–H and O–H groups in total. The highest BCUT2D eigenvalue weighted by Crippen LogP contribution is 2.29. The number of hydrogen-bond donors (Lipinski definition) is 1. The Morgan fingerprint density at radius 2 is 1.73 bits per heavy atom. The summed E-state index contributed by atoms with van der Waals surface area (Å²) in [6, 6.07) is 9.46. The van der Waals surface area contributed by atoms with E-state index in [1.54, 1.807) is 29.5 Å². The molecule has 26 heavy (non-hydrogen) atoms. The minimum absolute atomic E-state index is 0.0640. The second-order valence-electron chi connectivity index (χ2n) is 6.22. The van der Waals surface area contributed by atoms with Crippen molar-refractivity contribution in [3.8, 4) is 0 Å². The Morgan fingerprint density at radius 3 is 2.35 bits per heavy atom. The standard InChI is InChI=1S/C18H20BrCl2N3OS/c19-16-5-4-13(26-16)12-24-10-8-23(9-11-24)7-6-17(25)22-18-14(20)2-1-3-15(18)21/h1-5H,6-12H2,(H,22,25). The molecule has 1 aliphatic rings. The number of nitrogens with one attached hydrogen (secondary N) is 1. The molecule has 8 heteroatoms. The summed E-state index contributed by atoms with van der Waals surface area (Å²) < 4.78 is 1.18. The van der Waals surface area contributed by atoms with E-state index in [2.05, 4.69) is 43.2 Å². The van der Waals surface area contributed by atoms with Crippen LogP contribution < -0.4 is 5.32 Å². The Kier molecular flexibility index (Phi) is 7.37. The van der Waals surface area contributed by atoms with Gasteiger partial charge in [0.1, 0.15) is 0 Å². The summed E-state index contributed by atoms with van der Waals surface area (Å²) in [4.78, 5) is 18.4. The summed E-state index contributed by atoms with van der Waals surface area (Å²) in [6.45, 7) is 5.74. The number of para-hydroxylation sites is 1. The zero-order valence-corrected chi connectivity index (χ0v) is 18.1. The third kappa shape index (κ3) is 5.68. The summed E-state index contributed by atoms with van der Waals surface area (Å²) in [5.74, 6) is -0.0640. The first-order valence-electron chi connectivity index (χ1n) is 8.44. The van der Waals surface area contributed by atoms with Gasteiger partial charge in [-0.2, -0.15) is 0 Å². The molecule has 0 unspecified atom stereocenters. The van der Waals surface area contributed by atoms with E-state index in [1.165, 1.54) is 8.66 Å². The molecular weight excluding hydrogens is 457 g/mol. The fourth-order valence-corrected chi connectivity index (χ4v) is 4.92. The summed E-state index contributed by atoms with van der Waals surface area (Å²) in [5.41, 5.74) is 0.493. The number of thiophene rings is 1. The van der Waals surface area contributed by atoms with Gasteiger partial charge in [0.2, 0.25) is 5.91 Å². The molecule has 0 radical (unpaired) electrons. The van der Waals surface area contributed by atoms with E-state index in [9.17, 15) is 4.79 Å². The Bertz CT molecular complexity index is 742. The van der Waals surface area contributed by atoms with Crippen LogP contribution in [0.25, 0.3) is 0 Å². The molecule has 4 nitrogen and oxygen atoms in total. The predicted molar refractivity (Wildman–Crippen MR) is 113 cm³/mol. The van der Waals surface area contributed by atoms with Gasteiger partial charge in [0.15, 0.2) is 0 Å². The van der Waals surface area contributed by atoms with Crippen LogP contribution in [0.15, 0.2) is 34.1 Å². The summed E-state index contributed by atoms with van der Waals surface area (Å²) in [7, 11) is 0. The molecule has 1 aromatic carbocycles. The average molecular weight is 477 g/mol. The molecule has 3 rings (SSSR count). The third-order valence-corrected chi connectivity index (χ3v) is 6.59. The molecule has 0 aliphatic carbocycles. The molecule has 0 bridgehead atoms. The fourth-order valence-electron chi connectivity index (χ4n) is 2.91. The highest BCUT2D eigenvalue weighted by Gasteiger charge is 2.18. The van der Waals surface area contributed by atoms with E-state index in [-0.39, 0.29) is 5.91 Å². The Hall–Kier alpha value is -0.630. The lowest BCUT2D eigenvalue weighted by Crippen LogP contribution is -2.46. The second kappa shape index (κ2) is 9.53. The Morgan fingerprint density at radius 1 is 1.08 bits per heavy atom. The highest BCUT2D eigenvalue weighted by molar-refractivity contribution is 9.11. The molecule has 2 aromatic rings. The van der Waals surface area contributed by atoms with Crippen LogP contribution in [0.1, 0.15) is 11.3 Å². The van der Waals surface area contributed by atoms with Crippen molar-refractivity contribution in [2.45, 2.75) is 13.0 Å². The lowest BCUT2D eigenvalue weighted by atomic mass is 10.2. The van der Waals surface area contributed by atoms with Crippen molar-refractivity contribution in [1.29, 1.82) is 0 Å². The number of nitrogens with zero attached hydrogens (tertiary/aromatic N) is 2. The Balaban J connectivity index is 1.40.